The van der Waals surface area contributed by atoms with Crippen LogP contribution in [0.15, 0.2) is 28.7 Å². The van der Waals surface area contributed by atoms with Crippen LogP contribution in [-0.2, 0) is 0 Å². The second kappa shape index (κ2) is 5.35. The van der Waals surface area contributed by atoms with Crippen LogP contribution in [0, 0.1) is 12.7 Å². The molecule has 2 rings (SSSR count). The lowest BCUT2D eigenvalue weighted by atomic mass is 10.3. The number of aryl methyl sites for hydroxylation is 1. The molecule has 0 amide bonds. The van der Waals surface area contributed by atoms with E-state index in [4.69, 9.17) is 0 Å². The summed E-state index contributed by atoms with van der Waals surface area (Å²) in [6.45, 7) is 7.48. The monoisotopic (exact) mass is 263 g/mol. The summed E-state index contributed by atoms with van der Waals surface area (Å²) in [7, 11) is 0. The van der Waals surface area contributed by atoms with E-state index < -0.39 is 0 Å². The maximum atomic E-state index is 13.6. The van der Waals surface area contributed by atoms with Gasteiger partial charge in [0.15, 0.2) is 11.5 Å². The van der Waals surface area contributed by atoms with Gasteiger partial charge in [-0.2, -0.15) is 0 Å². The lowest BCUT2D eigenvalue weighted by molar-refractivity contribution is 0.629. The normalized spacial score (nSPS) is 12.1. The largest absolute Gasteiger partial charge is 0.295 e. The third-order valence-electron chi connectivity index (χ3n) is 2.55. The fraction of sp³-hybridized carbons (Fsp3) is 0.231. The first kappa shape index (κ1) is 12.8. The van der Waals surface area contributed by atoms with Crippen LogP contribution in [0.5, 0.6) is 0 Å². The van der Waals surface area contributed by atoms with Gasteiger partial charge in [-0.1, -0.05) is 6.92 Å². The van der Waals surface area contributed by atoms with Crippen molar-refractivity contribution >= 4 is 29.8 Å². The summed E-state index contributed by atoms with van der Waals surface area (Å²) in [5.74, 6) is 0.613. The zero-order chi connectivity index (χ0) is 13.1. The van der Waals surface area contributed by atoms with Crippen molar-refractivity contribution in [2.24, 2.45) is 4.99 Å². The Labute approximate surface area is 109 Å². The van der Waals surface area contributed by atoms with Gasteiger partial charge in [-0.15, -0.1) is 11.8 Å². The molecule has 0 unspecified atom stereocenters. The summed E-state index contributed by atoms with van der Waals surface area (Å²) in [5.41, 5.74) is 2.58. The average molecular weight is 263 g/mol. The number of fused-ring (bicyclic) bond motifs is 1. The molecule has 0 fully saturated rings. The Hall–Kier alpha value is -1.62. The van der Waals surface area contributed by atoms with Crippen molar-refractivity contribution in [1.82, 2.24) is 9.38 Å². The lowest BCUT2D eigenvalue weighted by Crippen LogP contribution is -1.93. The van der Waals surface area contributed by atoms with Crippen molar-refractivity contribution in [2.75, 3.05) is 5.75 Å². The van der Waals surface area contributed by atoms with Crippen molar-refractivity contribution in [3.05, 3.63) is 40.9 Å². The number of nitrogens with zero attached hydrogens (tertiary/aromatic N) is 3. The Morgan fingerprint density at radius 1 is 1.67 bits per heavy atom. The van der Waals surface area contributed by atoms with Crippen LogP contribution in [-0.4, -0.2) is 21.9 Å². The number of hydrogen-bond acceptors (Lipinski definition) is 3. The Morgan fingerprint density at radius 3 is 3.11 bits per heavy atom. The topological polar surface area (TPSA) is 29.7 Å². The summed E-state index contributed by atoms with van der Waals surface area (Å²) in [6.07, 6.45) is 1.78. The minimum Gasteiger partial charge on any atom is -0.295 e. The maximum Gasteiger partial charge on any atom is 0.173 e. The molecule has 0 N–H and O–H groups in total. The lowest BCUT2D eigenvalue weighted by Gasteiger charge is -2.03. The molecule has 0 saturated heterocycles. The molecule has 2 aromatic rings. The molecule has 2 heterocycles. The highest BCUT2D eigenvalue weighted by Crippen LogP contribution is 2.25. The van der Waals surface area contributed by atoms with Crippen molar-refractivity contribution in [3.63, 3.8) is 0 Å². The Balaban J connectivity index is 2.66. The molecule has 0 radical (unpaired) electrons. The first-order chi connectivity index (χ1) is 8.69. The minimum absolute atomic E-state index is 0.320. The van der Waals surface area contributed by atoms with Crippen LogP contribution in [0.2, 0.25) is 0 Å². The average Bonchev–Trinajstić information content (AvgIpc) is 2.69. The molecule has 0 atom stereocenters. The molecule has 5 heteroatoms. The molecule has 18 heavy (non-hydrogen) atoms. The van der Waals surface area contributed by atoms with E-state index in [-0.39, 0.29) is 5.82 Å². The molecule has 0 aliphatic rings. The second-order valence-electron chi connectivity index (χ2n) is 3.71. The Bertz CT molecular complexity index is 616. The second-order valence-corrected chi connectivity index (χ2v) is 4.86. The highest BCUT2D eigenvalue weighted by molar-refractivity contribution is 8.02. The SMILES string of the molecule is C=N/C(=C\SCC)c1c(C)nc2c(F)cccn12. The van der Waals surface area contributed by atoms with E-state index in [1.165, 1.54) is 6.07 Å². The highest BCUT2D eigenvalue weighted by atomic mass is 32.2. The fourth-order valence-electron chi connectivity index (χ4n) is 1.79. The van der Waals surface area contributed by atoms with Gasteiger partial charge in [-0.25, -0.2) is 9.37 Å². The van der Waals surface area contributed by atoms with Gasteiger partial charge in [-0.3, -0.25) is 9.39 Å². The highest BCUT2D eigenvalue weighted by Gasteiger charge is 2.14. The Kier molecular flexibility index (Phi) is 3.81. The van der Waals surface area contributed by atoms with Crippen LogP contribution in [0.1, 0.15) is 18.3 Å². The summed E-state index contributed by atoms with van der Waals surface area (Å²) >= 11 is 1.63. The van der Waals surface area contributed by atoms with E-state index in [1.54, 1.807) is 28.4 Å². The molecular weight excluding hydrogens is 249 g/mol. The molecule has 0 aromatic carbocycles. The van der Waals surface area contributed by atoms with Gasteiger partial charge < -0.3 is 0 Å². The molecule has 0 spiro atoms. The maximum absolute atomic E-state index is 13.6. The fourth-order valence-corrected chi connectivity index (χ4v) is 2.30. The number of rotatable bonds is 4. The zero-order valence-electron chi connectivity index (χ0n) is 10.4. The third kappa shape index (κ3) is 2.18. The van der Waals surface area contributed by atoms with Crippen molar-refractivity contribution < 1.29 is 4.39 Å². The molecule has 0 aliphatic carbocycles. The smallest absolute Gasteiger partial charge is 0.173 e. The first-order valence-corrected chi connectivity index (χ1v) is 6.66. The van der Waals surface area contributed by atoms with E-state index in [2.05, 4.69) is 23.6 Å². The minimum atomic E-state index is -0.335. The summed E-state index contributed by atoms with van der Waals surface area (Å²) in [6, 6.07) is 3.05. The molecule has 2 aromatic heterocycles. The first-order valence-electron chi connectivity index (χ1n) is 5.61. The van der Waals surface area contributed by atoms with Crippen LogP contribution in [0.4, 0.5) is 4.39 Å². The van der Waals surface area contributed by atoms with E-state index in [0.717, 1.165) is 22.8 Å². The number of imidazole rings is 1. The van der Waals surface area contributed by atoms with Gasteiger partial charge in [0.2, 0.25) is 0 Å². The predicted molar refractivity (Wildman–Crippen MR) is 75.5 cm³/mol. The molecule has 94 valence electrons. The van der Waals surface area contributed by atoms with Gasteiger partial charge in [0.05, 0.1) is 17.1 Å². The van der Waals surface area contributed by atoms with Crippen LogP contribution >= 0.6 is 11.8 Å². The number of pyridine rings is 1. The number of aliphatic imine (C=N–C) groups is 1. The zero-order valence-corrected chi connectivity index (χ0v) is 11.2. The number of hydrogen-bond donors (Lipinski definition) is 0. The van der Waals surface area contributed by atoms with Crippen molar-refractivity contribution in [2.45, 2.75) is 13.8 Å². The summed E-state index contributed by atoms with van der Waals surface area (Å²) in [4.78, 5) is 8.26. The Morgan fingerprint density at radius 2 is 2.44 bits per heavy atom. The molecule has 3 nitrogen and oxygen atoms in total. The standard InChI is InChI=1S/C13H14FN3S/c1-4-18-8-11(15-3)12-9(2)16-13-10(14)6-5-7-17(12)13/h5-8H,3-4H2,1-2H3/b11-8-. The van der Waals surface area contributed by atoms with Gasteiger partial charge in [0.25, 0.3) is 0 Å². The molecule has 0 saturated carbocycles. The quantitative estimate of drug-likeness (QED) is 0.790. The summed E-state index contributed by atoms with van der Waals surface area (Å²) in [5, 5.41) is 1.92. The molecular formula is C13H14FN3S. The van der Waals surface area contributed by atoms with Gasteiger partial charge in [-0.05, 0) is 36.9 Å². The third-order valence-corrected chi connectivity index (χ3v) is 3.27. The van der Waals surface area contributed by atoms with E-state index in [9.17, 15) is 4.39 Å². The van der Waals surface area contributed by atoms with Crippen molar-refractivity contribution in [3.8, 4) is 0 Å². The van der Waals surface area contributed by atoms with Crippen LogP contribution < -0.4 is 0 Å². The van der Waals surface area contributed by atoms with E-state index in [1.807, 2.05) is 12.3 Å². The van der Waals surface area contributed by atoms with Gasteiger partial charge in [0, 0.05) is 6.20 Å². The number of aromatic nitrogens is 2. The summed E-state index contributed by atoms with van der Waals surface area (Å²) < 4.78 is 15.4. The van der Waals surface area contributed by atoms with Crippen LogP contribution in [0.25, 0.3) is 11.3 Å². The van der Waals surface area contributed by atoms with Crippen molar-refractivity contribution in [1.29, 1.82) is 0 Å². The van der Waals surface area contributed by atoms with Gasteiger partial charge in [0.1, 0.15) is 0 Å². The predicted octanol–water partition coefficient (Wildman–Crippen LogP) is 3.53. The number of thioether (sulfide) groups is 1. The van der Waals surface area contributed by atoms with E-state index in [0.29, 0.717) is 5.65 Å². The molecule has 0 aliphatic heterocycles. The molecule has 0 bridgehead atoms. The van der Waals surface area contributed by atoms with E-state index >= 15 is 0 Å². The van der Waals surface area contributed by atoms with Crippen LogP contribution in [0.3, 0.4) is 0 Å². The van der Waals surface area contributed by atoms with Gasteiger partial charge >= 0.3 is 0 Å². The number of halogens is 1.